The molecular formula is C17H20N4O. The van der Waals surface area contributed by atoms with Crippen LogP contribution in [0, 0.1) is 6.92 Å². The normalized spacial score (nSPS) is 11.0. The number of carbonyl (C=O) groups excluding carboxylic acids is 1. The van der Waals surface area contributed by atoms with Crippen LogP contribution in [0.3, 0.4) is 0 Å². The Morgan fingerprint density at radius 3 is 2.91 bits per heavy atom. The second-order valence-corrected chi connectivity index (χ2v) is 5.48. The SMILES string of the molecule is Cc1cc2ccccc2n1CCC(=O)NCc1nccn1C. The first-order valence-corrected chi connectivity index (χ1v) is 7.43. The molecule has 0 aliphatic carbocycles. The molecule has 0 unspecified atom stereocenters. The van der Waals surface area contributed by atoms with Gasteiger partial charge in [-0.1, -0.05) is 18.2 Å². The minimum atomic E-state index is 0.0418. The highest BCUT2D eigenvalue weighted by Gasteiger charge is 2.08. The van der Waals surface area contributed by atoms with E-state index in [1.807, 2.05) is 29.9 Å². The van der Waals surface area contributed by atoms with E-state index in [1.165, 1.54) is 16.6 Å². The Kier molecular flexibility index (Phi) is 3.96. The van der Waals surface area contributed by atoms with Gasteiger partial charge in [0.1, 0.15) is 5.82 Å². The zero-order valence-electron chi connectivity index (χ0n) is 12.9. The number of nitrogens with zero attached hydrogens (tertiary/aromatic N) is 3. The van der Waals surface area contributed by atoms with E-state index in [0.29, 0.717) is 19.5 Å². The highest BCUT2D eigenvalue weighted by molar-refractivity contribution is 5.81. The van der Waals surface area contributed by atoms with Crippen LogP contribution < -0.4 is 5.32 Å². The third-order valence-electron chi connectivity index (χ3n) is 3.94. The zero-order chi connectivity index (χ0) is 15.5. The smallest absolute Gasteiger partial charge is 0.222 e. The molecule has 2 aromatic heterocycles. The Morgan fingerprint density at radius 1 is 1.32 bits per heavy atom. The van der Waals surface area contributed by atoms with Gasteiger partial charge in [0.25, 0.3) is 0 Å². The van der Waals surface area contributed by atoms with Crippen molar-refractivity contribution in [2.24, 2.45) is 7.05 Å². The molecule has 5 heteroatoms. The molecule has 0 saturated carbocycles. The predicted octanol–water partition coefficient (Wildman–Crippen LogP) is 2.39. The maximum Gasteiger partial charge on any atom is 0.222 e. The van der Waals surface area contributed by atoms with Crippen molar-refractivity contribution < 1.29 is 4.79 Å². The minimum Gasteiger partial charge on any atom is -0.349 e. The van der Waals surface area contributed by atoms with E-state index in [2.05, 4.69) is 40.0 Å². The molecule has 22 heavy (non-hydrogen) atoms. The van der Waals surface area contributed by atoms with Crippen LogP contribution in [0.15, 0.2) is 42.7 Å². The van der Waals surface area contributed by atoms with Gasteiger partial charge in [0.05, 0.1) is 6.54 Å². The van der Waals surface area contributed by atoms with Gasteiger partial charge in [0, 0.05) is 43.6 Å². The fourth-order valence-electron chi connectivity index (χ4n) is 2.69. The van der Waals surface area contributed by atoms with Crippen molar-refractivity contribution in [3.63, 3.8) is 0 Å². The summed E-state index contributed by atoms with van der Waals surface area (Å²) in [7, 11) is 1.92. The summed E-state index contributed by atoms with van der Waals surface area (Å²) >= 11 is 0. The van der Waals surface area contributed by atoms with Gasteiger partial charge in [0.15, 0.2) is 0 Å². The lowest BCUT2D eigenvalue weighted by Crippen LogP contribution is -2.25. The van der Waals surface area contributed by atoms with E-state index < -0.39 is 0 Å². The lowest BCUT2D eigenvalue weighted by Gasteiger charge is -2.09. The number of rotatable bonds is 5. The number of benzene rings is 1. The molecule has 1 aromatic carbocycles. The first kappa shape index (κ1) is 14.4. The molecule has 1 N–H and O–H groups in total. The van der Waals surface area contributed by atoms with Gasteiger partial charge in [-0.2, -0.15) is 0 Å². The maximum atomic E-state index is 12.0. The number of aryl methyl sites for hydroxylation is 3. The summed E-state index contributed by atoms with van der Waals surface area (Å²) in [5.41, 5.74) is 2.36. The number of nitrogens with one attached hydrogen (secondary N) is 1. The summed E-state index contributed by atoms with van der Waals surface area (Å²) in [6, 6.07) is 10.4. The molecule has 0 saturated heterocycles. The first-order valence-electron chi connectivity index (χ1n) is 7.43. The van der Waals surface area contributed by atoms with Crippen LogP contribution in [0.25, 0.3) is 10.9 Å². The number of hydrogen-bond acceptors (Lipinski definition) is 2. The monoisotopic (exact) mass is 296 g/mol. The van der Waals surface area contributed by atoms with Crippen molar-refractivity contribution >= 4 is 16.8 Å². The van der Waals surface area contributed by atoms with E-state index in [9.17, 15) is 4.79 Å². The molecule has 1 amide bonds. The number of amides is 1. The van der Waals surface area contributed by atoms with Crippen molar-refractivity contribution in [2.45, 2.75) is 26.4 Å². The Hall–Kier alpha value is -2.56. The molecule has 3 rings (SSSR count). The molecule has 2 heterocycles. The van der Waals surface area contributed by atoms with Crippen LogP contribution in [0.4, 0.5) is 0 Å². The van der Waals surface area contributed by atoms with Crippen LogP contribution in [-0.4, -0.2) is 20.0 Å². The van der Waals surface area contributed by atoms with Gasteiger partial charge in [0.2, 0.25) is 5.91 Å². The summed E-state index contributed by atoms with van der Waals surface area (Å²) in [5.74, 6) is 0.899. The Balaban J connectivity index is 1.60. The molecule has 114 valence electrons. The molecule has 5 nitrogen and oxygen atoms in total. The van der Waals surface area contributed by atoms with E-state index in [-0.39, 0.29) is 5.91 Å². The molecule has 0 spiro atoms. The zero-order valence-corrected chi connectivity index (χ0v) is 12.9. The number of hydrogen-bond donors (Lipinski definition) is 1. The molecule has 0 atom stereocenters. The van der Waals surface area contributed by atoms with Gasteiger partial charge in [-0.25, -0.2) is 4.98 Å². The highest BCUT2D eigenvalue weighted by Crippen LogP contribution is 2.19. The largest absolute Gasteiger partial charge is 0.349 e. The Labute approximate surface area is 129 Å². The van der Waals surface area contributed by atoms with Crippen molar-refractivity contribution in [2.75, 3.05) is 0 Å². The predicted molar refractivity (Wildman–Crippen MR) is 86.3 cm³/mol. The third-order valence-corrected chi connectivity index (χ3v) is 3.94. The number of aromatic nitrogens is 3. The fraction of sp³-hybridized carbons (Fsp3) is 0.294. The van der Waals surface area contributed by atoms with Crippen LogP contribution in [0.2, 0.25) is 0 Å². The van der Waals surface area contributed by atoms with Crippen molar-refractivity contribution in [1.29, 1.82) is 0 Å². The second-order valence-electron chi connectivity index (χ2n) is 5.48. The molecule has 3 aromatic rings. The Bertz CT molecular complexity index is 800. The van der Waals surface area contributed by atoms with Crippen LogP contribution in [-0.2, 0) is 24.9 Å². The molecule has 0 bridgehead atoms. The molecule has 0 aliphatic heterocycles. The van der Waals surface area contributed by atoms with E-state index in [4.69, 9.17) is 0 Å². The highest BCUT2D eigenvalue weighted by atomic mass is 16.1. The first-order chi connectivity index (χ1) is 10.6. The number of carbonyl (C=O) groups is 1. The van der Waals surface area contributed by atoms with E-state index >= 15 is 0 Å². The number of para-hydroxylation sites is 1. The molecule has 0 aliphatic rings. The van der Waals surface area contributed by atoms with Gasteiger partial charge >= 0.3 is 0 Å². The van der Waals surface area contributed by atoms with Crippen molar-refractivity contribution in [1.82, 2.24) is 19.4 Å². The van der Waals surface area contributed by atoms with Gasteiger partial charge in [-0.05, 0) is 24.4 Å². The van der Waals surface area contributed by atoms with E-state index in [1.54, 1.807) is 6.20 Å². The fourth-order valence-corrected chi connectivity index (χ4v) is 2.69. The summed E-state index contributed by atoms with van der Waals surface area (Å²) in [6.07, 6.45) is 4.07. The minimum absolute atomic E-state index is 0.0418. The summed E-state index contributed by atoms with van der Waals surface area (Å²) in [4.78, 5) is 16.2. The van der Waals surface area contributed by atoms with Crippen LogP contribution in [0.1, 0.15) is 17.9 Å². The topological polar surface area (TPSA) is 51.9 Å². The average Bonchev–Trinajstić information content (AvgIpc) is 3.05. The maximum absolute atomic E-state index is 12.0. The lowest BCUT2D eigenvalue weighted by molar-refractivity contribution is -0.121. The molecular weight excluding hydrogens is 276 g/mol. The van der Waals surface area contributed by atoms with Crippen molar-refractivity contribution in [3.05, 3.63) is 54.2 Å². The lowest BCUT2D eigenvalue weighted by atomic mass is 10.2. The summed E-state index contributed by atoms with van der Waals surface area (Å²) in [5, 5.41) is 4.14. The van der Waals surface area contributed by atoms with Crippen LogP contribution >= 0.6 is 0 Å². The van der Waals surface area contributed by atoms with Gasteiger partial charge < -0.3 is 14.5 Å². The number of fused-ring (bicyclic) bond motifs is 1. The van der Waals surface area contributed by atoms with Crippen molar-refractivity contribution in [3.8, 4) is 0 Å². The van der Waals surface area contributed by atoms with Crippen LogP contribution in [0.5, 0.6) is 0 Å². The van der Waals surface area contributed by atoms with Gasteiger partial charge in [-0.3, -0.25) is 4.79 Å². The van der Waals surface area contributed by atoms with E-state index in [0.717, 1.165) is 5.82 Å². The van der Waals surface area contributed by atoms with Gasteiger partial charge in [-0.15, -0.1) is 0 Å². The molecule has 0 radical (unpaired) electrons. The standard InChI is InChI=1S/C17H20N4O/c1-13-11-14-5-3-4-6-15(14)21(13)9-7-17(22)19-12-16-18-8-10-20(16)2/h3-6,8,10-11H,7,9,12H2,1-2H3,(H,19,22). The second kappa shape index (κ2) is 6.05. The number of imidazole rings is 1. The third kappa shape index (κ3) is 2.88. The summed E-state index contributed by atoms with van der Waals surface area (Å²) in [6.45, 7) is 3.23. The molecule has 0 fully saturated rings. The quantitative estimate of drug-likeness (QED) is 0.786. The Morgan fingerprint density at radius 2 is 2.14 bits per heavy atom. The summed E-state index contributed by atoms with van der Waals surface area (Å²) < 4.78 is 4.10. The average molecular weight is 296 g/mol.